The molecule has 0 aliphatic carbocycles. The predicted octanol–water partition coefficient (Wildman–Crippen LogP) is 2.25. The van der Waals surface area contributed by atoms with Gasteiger partial charge in [0.1, 0.15) is 0 Å². The maximum Gasteiger partial charge on any atom is 0.411 e. The number of pyridine rings is 1. The van der Waals surface area contributed by atoms with Gasteiger partial charge in [-0.1, -0.05) is 0 Å². The van der Waals surface area contributed by atoms with Crippen LogP contribution in [0.15, 0.2) is 18.5 Å². The number of rotatable bonds is 2. The molecule has 1 N–H and O–H groups in total. The van der Waals surface area contributed by atoms with E-state index in [1.807, 2.05) is 0 Å². The maximum atomic E-state index is 11.0. The highest BCUT2D eigenvalue weighted by Crippen LogP contribution is 2.15. The molecule has 0 spiro atoms. The molecule has 0 saturated heterocycles. The zero-order valence-electron chi connectivity index (χ0n) is 7.08. The first kappa shape index (κ1) is 10.2. The van der Waals surface area contributed by atoms with Crippen molar-refractivity contribution in [2.45, 2.75) is 6.92 Å². The van der Waals surface area contributed by atoms with Crippen LogP contribution in [0.5, 0.6) is 0 Å². The van der Waals surface area contributed by atoms with Gasteiger partial charge >= 0.3 is 6.09 Å². The van der Waals surface area contributed by atoms with Crippen LogP contribution in [0.3, 0.4) is 0 Å². The van der Waals surface area contributed by atoms with Gasteiger partial charge in [-0.25, -0.2) is 4.79 Å². The topological polar surface area (TPSA) is 51.2 Å². The van der Waals surface area contributed by atoms with Gasteiger partial charge in [0, 0.05) is 12.4 Å². The summed E-state index contributed by atoms with van der Waals surface area (Å²) in [5.74, 6) is 0. The smallest absolute Gasteiger partial charge is 0.411 e. The van der Waals surface area contributed by atoms with E-state index in [0.717, 1.165) is 3.57 Å². The summed E-state index contributed by atoms with van der Waals surface area (Å²) in [6.07, 6.45) is 2.85. The second kappa shape index (κ2) is 5.00. The Bertz CT molecular complexity index is 304. The van der Waals surface area contributed by atoms with Crippen LogP contribution in [-0.4, -0.2) is 17.7 Å². The van der Waals surface area contributed by atoms with E-state index in [2.05, 4.69) is 32.9 Å². The van der Waals surface area contributed by atoms with Gasteiger partial charge in [-0.15, -0.1) is 0 Å². The first-order valence-corrected chi connectivity index (χ1v) is 4.85. The zero-order valence-corrected chi connectivity index (χ0v) is 9.24. The van der Waals surface area contributed by atoms with E-state index < -0.39 is 6.09 Å². The number of hydrogen-bond donors (Lipinski definition) is 1. The number of nitrogens with one attached hydrogen (secondary N) is 1. The van der Waals surface area contributed by atoms with Gasteiger partial charge in [-0.05, 0) is 35.6 Å². The Labute approximate surface area is 89.8 Å². The van der Waals surface area contributed by atoms with E-state index in [1.54, 1.807) is 25.4 Å². The molecular formula is C8H9IN2O2. The normalized spacial score (nSPS) is 9.38. The van der Waals surface area contributed by atoms with Crippen LogP contribution in [0.2, 0.25) is 0 Å². The fraction of sp³-hybridized carbons (Fsp3) is 0.250. The fourth-order valence-electron chi connectivity index (χ4n) is 0.754. The fourth-order valence-corrected chi connectivity index (χ4v) is 1.23. The van der Waals surface area contributed by atoms with Gasteiger partial charge in [0.05, 0.1) is 15.9 Å². The van der Waals surface area contributed by atoms with Crippen molar-refractivity contribution in [2.75, 3.05) is 11.9 Å². The Balaban J connectivity index is 2.63. The summed E-state index contributed by atoms with van der Waals surface area (Å²) in [6, 6.07) is 1.72. The molecule has 1 aromatic heterocycles. The van der Waals surface area contributed by atoms with Crippen LogP contribution in [-0.2, 0) is 4.74 Å². The van der Waals surface area contributed by atoms with Crippen LogP contribution >= 0.6 is 22.6 Å². The lowest BCUT2D eigenvalue weighted by molar-refractivity contribution is 0.168. The summed E-state index contributed by atoms with van der Waals surface area (Å²) < 4.78 is 5.61. The van der Waals surface area contributed by atoms with Crippen molar-refractivity contribution in [1.82, 2.24) is 4.98 Å². The number of anilines is 1. The van der Waals surface area contributed by atoms with Crippen LogP contribution in [0, 0.1) is 3.57 Å². The second-order valence-electron chi connectivity index (χ2n) is 2.20. The lowest BCUT2D eigenvalue weighted by Gasteiger charge is -2.05. The van der Waals surface area contributed by atoms with E-state index in [9.17, 15) is 4.79 Å². The van der Waals surface area contributed by atoms with Gasteiger partial charge in [-0.2, -0.15) is 0 Å². The van der Waals surface area contributed by atoms with Gasteiger partial charge in [0.25, 0.3) is 0 Å². The van der Waals surface area contributed by atoms with Crippen molar-refractivity contribution < 1.29 is 9.53 Å². The Hall–Kier alpha value is -0.850. The first-order valence-electron chi connectivity index (χ1n) is 3.77. The highest BCUT2D eigenvalue weighted by molar-refractivity contribution is 14.1. The third-order valence-electron chi connectivity index (χ3n) is 1.28. The molecule has 1 aromatic rings. The molecule has 0 aliphatic heterocycles. The molecule has 0 bridgehead atoms. The summed E-state index contributed by atoms with van der Waals surface area (Å²) in [4.78, 5) is 14.9. The molecule has 0 fully saturated rings. The average molecular weight is 292 g/mol. The predicted molar refractivity (Wildman–Crippen MR) is 57.6 cm³/mol. The monoisotopic (exact) mass is 292 g/mol. The van der Waals surface area contributed by atoms with Crippen LogP contribution in [0.4, 0.5) is 10.5 Å². The van der Waals surface area contributed by atoms with E-state index in [1.165, 1.54) is 0 Å². The van der Waals surface area contributed by atoms with Gasteiger partial charge in [0.2, 0.25) is 0 Å². The average Bonchev–Trinajstić information content (AvgIpc) is 2.09. The van der Waals surface area contributed by atoms with Crippen LogP contribution in [0.25, 0.3) is 0 Å². The molecule has 4 nitrogen and oxygen atoms in total. The summed E-state index contributed by atoms with van der Waals surface area (Å²) in [6.45, 7) is 2.13. The van der Waals surface area contributed by atoms with E-state index in [4.69, 9.17) is 4.74 Å². The zero-order chi connectivity index (χ0) is 9.68. The Morgan fingerprint density at radius 2 is 2.54 bits per heavy atom. The lowest BCUT2D eigenvalue weighted by atomic mass is 10.4. The Kier molecular flexibility index (Phi) is 3.94. The number of amides is 1. The molecule has 0 unspecified atom stereocenters. The highest BCUT2D eigenvalue weighted by atomic mass is 127. The standard InChI is InChI=1S/C8H9IN2O2/c1-2-13-8(12)11-7-3-4-10-5-6(7)9/h3-5H,2H2,1H3,(H,10,11,12). The number of halogens is 1. The molecule has 13 heavy (non-hydrogen) atoms. The third-order valence-corrected chi connectivity index (χ3v) is 2.14. The summed E-state index contributed by atoms with van der Waals surface area (Å²) in [5, 5.41) is 2.60. The molecule has 5 heteroatoms. The minimum atomic E-state index is -0.438. The number of nitrogens with zero attached hydrogens (tertiary/aromatic N) is 1. The lowest BCUT2D eigenvalue weighted by Crippen LogP contribution is -2.14. The minimum Gasteiger partial charge on any atom is -0.450 e. The molecule has 1 amide bonds. The molecule has 0 aliphatic rings. The maximum absolute atomic E-state index is 11.0. The SMILES string of the molecule is CCOC(=O)Nc1ccncc1I. The highest BCUT2D eigenvalue weighted by Gasteiger charge is 2.03. The largest absolute Gasteiger partial charge is 0.450 e. The number of carbonyl (C=O) groups excluding carboxylic acids is 1. The molecule has 70 valence electrons. The summed E-state index contributed by atoms with van der Waals surface area (Å²) in [5.41, 5.74) is 0.717. The number of hydrogen-bond acceptors (Lipinski definition) is 3. The Morgan fingerprint density at radius 3 is 3.15 bits per heavy atom. The number of aromatic nitrogens is 1. The third kappa shape index (κ3) is 3.17. The molecule has 1 rings (SSSR count). The van der Waals surface area contributed by atoms with Gasteiger partial charge in [0.15, 0.2) is 0 Å². The summed E-state index contributed by atoms with van der Waals surface area (Å²) in [7, 11) is 0. The van der Waals surface area contributed by atoms with Crippen molar-refractivity contribution in [2.24, 2.45) is 0 Å². The van der Waals surface area contributed by atoms with E-state index >= 15 is 0 Å². The van der Waals surface area contributed by atoms with Crippen molar-refractivity contribution in [3.63, 3.8) is 0 Å². The second-order valence-corrected chi connectivity index (χ2v) is 3.36. The van der Waals surface area contributed by atoms with Gasteiger partial charge in [-0.3, -0.25) is 10.3 Å². The molecule has 0 radical (unpaired) electrons. The van der Waals surface area contributed by atoms with Gasteiger partial charge < -0.3 is 4.74 Å². The molecule has 1 heterocycles. The summed E-state index contributed by atoms with van der Waals surface area (Å²) >= 11 is 2.09. The number of ether oxygens (including phenoxy) is 1. The molecule has 0 aromatic carbocycles. The van der Waals surface area contributed by atoms with Crippen molar-refractivity contribution in [3.05, 3.63) is 22.0 Å². The van der Waals surface area contributed by atoms with Crippen molar-refractivity contribution in [1.29, 1.82) is 0 Å². The molecule has 0 saturated carbocycles. The number of carbonyl (C=O) groups is 1. The van der Waals surface area contributed by atoms with Crippen LogP contribution in [0.1, 0.15) is 6.92 Å². The van der Waals surface area contributed by atoms with Crippen molar-refractivity contribution in [3.8, 4) is 0 Å². The quantitative estimate of drug-likeness (QED) is 0.851. The van der Waals surface area contributed by atoms with Crippen LogP contribution < -0.4 is 5.32 Å². The molecule has 0 atom stereocenters. The van der Waals surface area contributed by atoms with E-state index in [-0.39, 0.29) is 0 Å². The Morgan fingerprint density at radius 1 is 1.77 bits per heavy atom. The van der Waals surface area contributed by atoms with E-state index in [0.29, 0.717) is 12.3 Å². The van der Waals surface area contributed by atoms with Crippen molar-refractivity contribution >= 4 is 34.4 Å². The molecular weight excluding hydrogens is 283 g/mol. The minimum absolute atomic E-state index is 0.369. The first-order chi connectivity index (χ1) is 6.24.